The summed E-state index contributed by atoms with van der Waals surface area (Å²) >= 11 is 0. The molecule has 1 heterocycles. The van der Waals surface area contributed by atoms with Crippen LogP contribution in [0, 0.1) is 0 Å². The first-order valence-electron chi connectivity index (χ1n) is 5.86. The van der Waals surface area contributed by atoms with Crippen LogP contribution in [0.15, 0.2) is 30.3 Å². The van der Waals surface area contributed by atoms with E-state index in [2.05, 4.69) is 0 Å². The highest BCUT2D eigenvalue weighted by molar-refractivity contribution is 5.89. The quantitative estimate of drug-likeness (QED) is 0.834. The standard InChI is InChI=1S/C13H15FO4/c14-8-11-10(6-7-12(15)17-11)18-13(16)9-4-2-1-3-5-9/h1-5,10-12,15H,6-8H2/t10-,11+,12-/m1/s1. The van der Waals surface area contributed by atoms with Crippen molar-refractivity contribution >= 4 is 5.97 Å². The van der Waals surface area contributed by atoms with Gasteiger partial charge >= 0.3 is 5.97 Å². The van der Waals surface area contributed by atoms with E-state index in [0.717, 1.165) is 0 Å². The first-order valence-corrected chi connectivity index (χ1v) is 5.86. The third kappa shape index (κ3) is 3.05. The lowest BCUT2D eigenvalue weighted by Gasteiger charge is -2.32. The van der Waals surface area contributed by atoms with Gasteiger partial charge in [0.25, 0.3) is 0 Å². The molecular formula is C13H15FO4. The summed E-state index contributed by atoms with van der Waals surface area (Å²) in [5, 5.41) is 9.25. The Morgan fingerprint density at radius 1 is 1.39 bits per heavy atom. The van der Waals surface area contributed by atoms with Gasteiger partial charge in [-0.1, -0.05) is 18.2 Å². The van der Waals surface area contributed by atoms with Crippen molar-refractivity contribution in [1.29, 1.82) is 0 Å². The van der Waals surface area contributed by atoms with Gasteiger partial charge in [0.05, 0.1) is 5.56 Å². The molecule has 18 heavy (non-hydrogen) atoms. The van der Waals surface area contributed by atoms with E-state index in [1.54, 1.807) is 30.3 Å². The highest BCUT2D eigenvalue weighted by Gasteiger charge is 2.33. The average Bonchev–Trinajstić information content (AvgIpc) is 2.41. The van der Waals surface area contributed by atoms with Crippen LogP contribution in [0.3, 0.4) is 0 Å². The summed E-state index contributed by atoms with van der Waals surface area (Å²) in [4.78, 5) is 11.8. The molecule has 1 saturated heterocycles. The summed E-state index contributed by atoms with van der Waals surface area (Å²) < 4.78 is 22.9. The largest absolute Gasteiger partial charge is 0.456 e. The number of hydrogen-bond acceptors (Lipinski definition) is 4. The Kier molecular flexibility index (Phi) is 4.28. The van der Waals surface area contributed by atoms with Crippen LogP contribution in [0.5, 0.6) is 0 Å². The topological polar surface area (TPSA) is 55.8 Å². The van der Waals surface area contributed by atoms with E-state index in [1.807, 2.05) is 0 Å². The number of rotatable bonds is 3. The maximum atomic E-state index is 12.7. The van der Waals surface area contributed by atoms with Gasteiger partial charge in [0, 0.05) is 6.42 Å². The third-order valence-corrected chi connectivity index (χ3v) is 2.86. The van der Waals surface area contributed by atoms with Crippen molar-refractivity contribution in [1.82, 2.24) is 0 Å². The molecule has 2 rings (SSSR count). The summed E-state index contributed by atoms with van der Waals surface area (Å²) in [5.41, 5.74) is 0.418. The number of halogens is 1. The second kappa shape index (κ2) is 5.93. The SMILES string of the molecule is O=C(O[C@@H]1CC[C@H](O)O[C@H]1CF)c1ccccc1. The number of benzene rings is 1. The minimum atomic E-state index is -0.975. The fourth-order valence-electron chi connectivity index (χ4n) is 1.90. The summed E-state index contributed by atoms with van der Waals surface area (Å²) in [7, 11) is 0. The van der Waals surface area contributed by atoms with Crippen LogP contribution >= 0.6 is 0 Å². The monoisotopic (exact) mass is 254 g/mol. The van der Waals surface area contributed by atoms with Gasteiger partial charge in [-0.15, -0.1) is 0 Å². The fraction of sp³-hybridized carbons (Fsp3) is 0.462. The second-order valence-corrected chi connectivity index (χ2v) is 4.17. The minimum absolute atomic E-state index is 0.337. The molecule has 1 aromatic rings. The van der Waals surface area contributed by atoms with Crippen molar-refractivity contribution in [2.24, 2.45) is 0 Å². The molecule has 98 valence electrons. The number of aliphatic hydroxyl groups excluding tert-OH is 1. The van der Waals surface area contributed by atoms with E-state index in [9.17, 15) is 14.3 Å². The summed E-state index contributed by atoms with van der Waals surface area (Å²) in [6.07, 6.45) is -1.78. The minimum Gasteiger partial charge on any atom is -0.456 e. The molecule has 1 aliphatic rings. The highest BCUT2D eigenvalue weighted by Crippen LogP contribution is 2.22. The first-order chi connectivity index (χ1) is 8.70. The zero-order valence-corrected chi connectivity index (χ0v) is 9.79. The predicted molar refractivity (Wildman–Crippen MR) is 61.7 cm³/mol. The molecule has 0 amide bonds. The smallest absolute Gasteiger partial charge is 0.338 e. The second-order valence-electron chi connectivity index (χ2n) is 4.17. The van der Waals surface area contributed by atoms with E-state index in [4.69, 9.17) is 9.47 Å². The molecule has 4 nitrogen and oxygen atoms in total. The predicted octanol–water partition coefficient (Wildman–Crippen LogP) is 1.68. The summed E-state index contributed by atoms with van der Waals surface area (Å²) in [6.45, 7) is -0.788. The van der Waals surface area contributed by atoms with Gasteiger partial charge in [0.15, 0.2) is 6.29 Å². The average molecular weight is 254 g/mol. The van der Waals surface area contributed by atoms with Crippen molar-refractivity contribution in [2.75, 3.05) is 6.67 Å². The Morgan fingerprint density at radius 3 is 2.78 bits per heavy atom. The highest BCUT2D eigenvalue weighted by atomic mass is 19.1. The van der Waals surface area contributed by atoms with E-state index in [-0.39, 0.29) is 0 Å². The van der Waals surface area contributed by atoms with Crippen LogP contribution in [-0.4, -0.2) is 36.2 Å². The Morgan fingerprint density at radius 2 is 2.11 bits per heavy atom. The van der Waals surface area contributed by atoms with Crippen LogP contribution in [-0.2, 0) is 9.47 Å². The van der Waals surface area contributed by atoms with Gasteiger partial charge < -0.3 is 14.6 Å². The van der Waals surface area contributed by atoms with E-state index >= 15 is 0 Å². The number of esters is 1. The molecule has 0 radical (unpaired) electrons. The lowest BCUT2D eigenvalue weighted by molar-refractivity contribution is -0.202. The molecule has 0 aliphatic carbocycles. The zero-order valence-electron chi connectivity index (χ0n) is 9.79. The number of ether oxygens (including phenoxy) is 2. The number of aliphatic hydroxyl groups is 1. The molecule has 1 fully saturated rings. The van der Waals surface area contributed by atoms with Crippen LogP contribution < -0.4 is 0 Å². The lowest BCUT2D eigenvalue weighted by Crippen LogP contribution is -2.42. The van der Waals surface area contributed by atoms with Gasteiger partial charge in [0.1, 0.15) is 18.9 Å². The van der Waals surface area contributed by atoms with Crippen LogP contribution in [0.25, 0.3) is 0 Å². The van der Waals surface area contributed by atoms with Gasteiger partial charge in [-0.3, -0.25) is 0 Å². The van der Waals surface area contributed by atoms with Gasteiger partial charge in [0.2, 0.25) is 0 Å². The van der Waals surface area contributed by atoms with Gasteiger partial charge in [-0.2, -0.15) is 0 Å². The Hall–Kier alpha value is -1.46. The maximum Gasteiger partial charge on any atom is 0.338 e. The van der Waals surface area contributed by atoms with Crippen molar-refractivity contribution in [3.63, 3.8) is 0 Å². The number of hydrogen-bond donors (Lipinski definition) is 1. The molecule has 1 aromatic carbocycles. The Bertz CT molecular complexity index is 395. The third-order valence-electron chi connectivity index (χ3n) is 2.86. The molecule has 1 N–H and O–H groups in total. The van der Waals surface area contributed by atoms with Crippen LogP contribution in [0.4, 0.5) is 4.39 Å². The molecule has 1 aliphatic heterocycles. The molecule has 0 bridgehead atoms. The molecular weight excluding hydrogens is 239 g/mol. The van der Waals surface area contributed by atoms with Crippen molar-refractivity contribution in [3.8, 4) is 0 Å². The molecule has 5 heteroatoms. The van der Waals surface area contributed by atoms with E-state index in [0.29, 0.717) is 18.4 Å². The van der Waals surface area contributed by atoms with Crippen LogP contribution in [0.1, 0.15) is 23.2 Å². The number of carbonyl (C=O) groups is 1. The van der Waals surface area contributed by atoms with E-state index in [1.165, 1.54) is 0 Å². The van der Waals surface area contributed by atoms with Crippen molar-refractivity contribution < 1.29 is 23.8 Å². The van der Waals surface area contributed by atoms with Crippen molar-refractivity contribution in [3.05, 3.63) is 35.9 Å². The summed E-state index contributed by atoms with van der Waals surface area (Å²) in [5.74, 6) is -0.501. The Balaban J connectivity index is 1.98. The van der Waals surface area contributed by atoms with E-state index < -0.39 is 31.1 Å². The molecule has 0 saturated carbocycles. The number of alkyl halides is 1. The normalized spacial score (nSPS) is 27.8. The van der Waals surface area contributed by atoms with Crippen LogP contribution in [0.2, 0.25) is 0 Å². The van der Waals surface area contributed by atoms with Crippen molar-refractivity contribution in [2.45, 2.75) is 31.3 Å². The zero-order chi connectivity index (χ0) is 13.0. The Labute approximate surface area is 104 Å². The van der Waals surface area contributed by atoms with Gasteiger partial charge in [-0.05, 0) is 18.6 Å². The van der Waals surface area contributed by atoms with Gasteiger partial charge in [-0.25, -0.2) is 9.18 Å². The lowest BCUT2D eigenvalue weighted by atomic mass is 10.1. The summed E-state index contributed by atoms with van der Waals surface area (Å²) in [6, 6.07) is 8.51. The molecule has 0 unspecified atom stereocenters. The molecule has 0 aromatic heterocycles. The first kappa shape index (κ1) is 13.0. The fourth-order valence-corrected chi connectivity index (χ4v) is 1.90. The number of carbonyl (C=O) groups excluding carboxylic acids is 1. The molecule has 3 atom stereocenters. The maximum absolute atomic E-state index is 12.7. The molecule has 0 spiro atoms.